The highest BCUT2D eigenvalue weighted by molar-refractivity contribution is 5.59. The molecular formula is C14H20N4. The first kappa shape index (κ1) is 14.0. The summed E-state index contributed by atoms with van der Waals surface area (Å²) in [5.41, 5.74) is 8.52. The van der Waals surface area contributed by atoms with Crippen molar-refractivity contribution < 1.29 is 0 Å². The monoisotopic (exact) mass is 244 g/mol. The van der Waals surface area contributed by atoms with Crippen molar-refractivity contribution in [3.05, 3.63) is 42.4 Å². The molecule has 0 aliphatic carbocycles. The third-order valence-electron chi connectivity index (χ3n) is 2.43. The van der Waals surface area contributed by atoms with Gasteiger partial charge in [-0.15, -0.1) is 5.10 Å². The smallest absolute Gasteiger partial charge is 0.153 e. The molecule has 0 saturated heterocycles. The molecule has 0 fully saturated rings. The summed E-state index contributed by atoms with van der Waals surface area (Å²) in [6.07, 6.45) is 6.25. The van der Waals surface area contributed by atoms with Crippen LogP contribution in [0.3, 0.4) is 0 Å². The topological polar surface area (TPSA) is 56.7 Å². The van der Waals surface area contributed by atoms with Crippen molar-refractivity contribution in [3.63, 3.8) is 0 Å². The minimum absolute atomic E-state index is 0.481. The molecule has 0 aromatic carbocycles. The van der Waals surface area contributed by atoms with E-state index in [4.69, 9.17) is 5.73 Å². The third kappa shape index (κ3) is 2.97. The zero-order valence-corrected chi connectivity index (χ0v) is 11.2. The average molecular weight is 244 g/mol. The van der Waals surface area contributed by atoms with Gasteiger partial charge in [0, 0.05) is 17.5 Å². The van der Waals surface area contributed by atoms with Gasteiger partial charge in [0.1, 0.15) is 0 Å². The van der Waals surface area contributed by atoms with Gasteiger partial charge >= 0.3 is 0 Å². The second kappa shape index (κ2) is 6.59. The summed E-state index contributed by atoms with van der Waals surface area (Å²) in [4.78, 5) is 4.31. The molecule has 96 valence electrons. The van der Waals surface area contributed by atoms with Crippen LogP contribution in [-0.4, -0.2) is 14.8 Å². The van der Waals surface area contributed by atoms with Crippen LogP contribution in [0.4, 0.5) is 5.82 Å². The molecule has 18 heavy (non-hydrogen) atoms. The van der Waals surface area contributed by atoms with Crippen molar-refractivity contribution in [2.24, 2.45) is 0 Å². The van der Waals surface area contributed by atoms with E-state index in [-0.39, 0.29) is 0 Å². The predicted molar refractivity (Wildman–Crippen MR) is 76.6 cm³/mol. The van der Waals surface area contributed by atoms with Gasteiger partial charge in [0.2, 0.25) is 0 Å². The molecule has 2 N–H and O–H groups in total. The Labute approximate surface area is 108 Å². The van der Waals surface area contributed by atoms with Gasteiger partial charge in [-0.25, -0.2) is 4.68 Å². The van der Waals surface area contributed by atoms with Crippen molar-refractivity contribution >= 4 is 11.9 Å². The summed E-state index contributed by atoms with van der Waals surface area (Å²) in [6.45, 7) is 9.75. The molecule has 0 unspecified atom stereocenters. The van der Waals surface area contributed by atoms with E-state index >= 15 is 0 Å². The van der Waals surface area contributed by atoms with Crippen LogP contribution in [0.2, 0.25) is 0 Å². The molecule has 2 rings (SSSR count). The summed E-state index contributed by atoms with van der Waals surface area (Å²) in [6, 6.07) is 3.96. The highest BCUT2D eigenvalue weighted by atomic mass is 15.3. The number of hydrogen-bond acceptors (Lipinski definition) is 3. The Morgan fingerprint density at radius 3 is 2.56 bits per heavy atom. The molecule has 0 aliphatic heterocycles. The molecule has 0 amide bonds. The number of nitrogens with two attached hydrogens (primary N) is 1. The Bertz CT molecular complexity index is 497. The van der Waals surface area contributed by atoms with Crippen LogP contribution in [-0.2, 0) is 6.42 Å². The summed E-state index contributed by atoms with van der Waals surface area (Å²) < 4.78 is 1.71. The highest BCUT2D eigenvalue weighted by Gasteiger charge is 2.04. The van der Waals surface area contributed by atoms with Gasteiger partial charge in [0.05, 0.1) is 11.9 Å². The Morgan fingerprint density at radius 1 is 1.39 bits per heavy atom. The predicted octanol–water partition coefficient (Wildman–Crippen LogP) is 3.08. The van der Waals surface area contributed by atoms with E-state index in [2.05, 4.69) is 23.6 Å². The maximum atomic E-state index is 5.72. The van der Waals surface area contributed by atoms with Crippen molar-refractivity contribution in [1.82, 2.24) is 14.8 Å². The first-order chi connectivity index (χ1) is 8.74. The van der Waals surface area contributed by atoms with E-state index in [9.17, 15) is 0 Å². The summed E-state index contributed by atoms with van der Waals surface area (Å²) in [7, 11) is 0. The maximum absolute atomic E-state index is 5.72. The van der Waals surface area contributed by atoms with E-state index in [1.165, 1.54) is 0 Å². The van der Waals surface area contributed by atoms with Gasteiger partial charge in [-0.05, 0) is 18.6 Å². The molecule has 2 aromatic heterocycles. The Balaban J connectivity index is 0.000000771. The number of aryl methyl sites for hydroxylation is 1. The highest BCUT2D eigenvalue weighted by Crippen LogP contribution is 2.14. The lowest BCUT2D eigenvalue weighted by Crippen LogP contribution is -1.97. The van der Waals surface area contributed by atoms with Crippen LogP contribution in [0.1, 0.15) is 32.0 Å². The minimum Gasteiger partial charge on any atom is -0.382 e. The number of aromatic nitrogens is 3. The van der Waals surface area contributed by atoms with Crippen molar-refractivity contribution in [2.75, 3.05) is 5.73 Å². The molecule has 2 heterocycles. The lowest BCUT2D eigenvalue weighted by molar-refractivity contribution is 0.872. The fourth-order valence-corrected chi connectivity index (χ4v) is 1.45. The SMILES string of the molecule is C=Cc1cn(-c2ccc(CC)nc2)nc1N.CC. The van der Waals surface area contributed by atoms with E-state index in [1.807, 2.05) is 32.2 Å². The zero-order valence-electron chi connectivity index (χ0n) is 11.2. The van der Waals surface area contributed by atoms with Gasteiger partial charge in [0.15, 0.2) is 5.82 Å². The summed E-state index contributed by atoms with van der Waals surface area (Å²) in [5, 5.41) is 4.19. The lowest BCUT2D eigenvalue weighted by atomic mass is 10.3. The third-order valence-corrected chi connectivity index (χ3v) is 2.43. The lowest BCUT2D eigenvalue weighted by Gasteiger charge is -2.01. The largest absolute Gasteiger partial charge is 0.382 e. The number of nitrogen functional groups attached to an aromatic ring is 1. The van der Waals surface area contributed by atoms with Gasteiger partial charge < -0.3 is 5.73 Å². The Morgan fingerprint density at radius 2 is 2.11 bits per heavy atom. The molecule has 4 heteroatoms. The van der Waals surface area contributed by atoms with Crippen molar-refractivity contribution in [1.29, 1.82) is 0 Å². The molecule has 0 aliphatic rings. The van der Waals surface area contributed by atoms with E-state index in [1.54, 1.807) is 17.0 Å². The quantitative estimate of drug-likeness (QED) is 0.902. The van der Waals surface area contributed by atoms with Gasteiger partial charge in [-0.3, -0.25) is 4.98 Å². The number of hydrogen-bond donors (Lipinski definition) is 1. The van der Waals surface area contributed by atoms with Gasteiger partial charge in [0.25, 0.3) is 0 Å². The molecular weight excluding hydrogens is 224 g/mol. The molecule has 0 atom stereocenters. The first-order valence-electron chi connectivity index (χ1n) is 6.17. The molecule has 0 radical (unpaired) electrons. The van der Waals surface area contributed by atoms with Crippen LogP contribution in [0, 0.1) is 0 Å². The normalized spacial score (nSPS) is 9.50. The second-order valence-corrected chi connectivity index (χ2v) is 3.48. The Kier molecular flexibility index (Phi) is 5.11. The van der Waals surface area contributed by atoms with Crippen LogP contribution < -0.4 is 5.73 Å². The Hall–Kier alpha value is -2.10. The average Bonchev–Trinajstić information content (AvgIpc) is 2.82. The fourth-order valence-electron chi connectivity index (χ4n) is 1.45. The first-order valence-corrected chi connectivity index (χ1v) is 6.17. The van der Waals surface area contributed by atoms with Crippen LogP contribution in [0.5, 0.6) is 0 Å². The van der Waals surface area contributed by atoms with E-state index in [0.29, 0.717) is 5.82 Å². The van der Waals surface area contributed by atoms with Gasteiger partial charge in [-0.1, -0.05) is 33.4 Å². The molecule has 0 spiro atoms. The van der Waals surface area contributed by atoms with E-state index < -0.39 is 0 Å². The summed E-state index contributed by atoms with van der Waals surface area (Å²) in [5.74, 6) is 0.481. The number of pyridine rings is 1. The molecule has 0 bridgehead atoms. The summed E-state index contributed by atoms with van der Waals surface area (Å²) >= 11 is 0. The number of rotatable bonds is 3. The van der Waals surface area contributed by atoms with E-state index in [0.717, 1.165) is 23.4 Å². The van der Waals surface area contributed by atoms with Crippen molar-refractivity contribution in [3.8, 4) is 5.69 Å². The molecule has 2 aromatic rings. The molecule has 0 saturated carbocycles. The standard InChI is InChI=1S/C12H14N4.C2H6/c1-3-9-8-16(15-12(9)13)11-6-5-10(4-2)14-7-11;1-2/h3,5-8H,1,4H2,2H3,(H2,13,15);1-2H3. The number of anilines is 1. The van der Waals surface area contributed by atoms with Crippen LogP contribution in [0.25, 0.3) is 11.8 Å². The van der Waals surface area contributed by atoms with Gasteiger partial charge in [-0.2, -0.15) is 0 Å². The zero-order chi connectivity index (χ0) is 13.5. The van der Waals surface area contributed by atoms with Crippen LogP contribution in [0.15, 0.2) is 31.1 Å². The minimum atomic E-state index is 0.481. The van der Waals surface area contributed by atoms with Crippen LogP contribution >= 0.6 is 0 Å². The van der Waals surface area contributed by atoms with Crippen molar-refractivity contribution in [2.45, 2.75) is 27.2 Å². The maximum Gasteiger partial charge on any atom is 0.153 e. The molecule has 4 nitrogen and oxygen atoms in total. The number of nitrogens with zero attached hydrogens (tertiary/aromatic N) is 3. The fraction of sp³-hybridized carbons (Fsp3) is 0.286. The second-order valence-electron chi connectivity index (χ2n) is 3.48.